The van der Waals surface area contributed by atoms with Crippen molar-refractivity contribution < 1.29 is 38.1 Å². The molecule has 8 nitrogen and oxygen atoms in total. The molecule has 0 spiro atoms. The third-order valence-corrected chi connectivity index (χ3v) is 3.88. The summed E-state index contributed by atoms with van der Waals surface area (Å²) in [5.41, 5.74) is 0. The highest BCUT2D eigenvalue weighted by atomic mass is 79.9. The molecule has 0 fully saturated rings. The SMILES string of the molecule is CC(=O)O[C@H]([C@@H](OC(C)=O)[C@@H](CBr)OC(C)=O)[C@@H](CBr)OC(C)=O. The molecular weight excluding hydrogens is 456 g/mol. The van der Waals surface area contributed by atoms with E-state index in [0.717, 1.165) is 13.8 Å². The summed E-state index contributed by atoms with van der Waals surface area (Å²) in [5.74, 6) is -2.57. The molecule has 24 heavy (non-hydrogen) atoms. The first-order valence-corrected chi connectivity index (χ1v) is 9.17. The summed E-state index contributed by atoms with van der Waals surface area (Å²) in [6, 6.07) is 0. The summed E-state index contributed by atoms with van der Waals surface area (Å²) >= 11 is 6.33. The number of alkyl halides is 2. The van der Waals surface area contributed by atoms with Crippen LogP contribution in [-0.4, -0.2) is 59.0 Å². The van der Waals surface area contributed by atoms with Crippen molar-refractivity contribution in [1.29, 1.82) is 0 Å². The number of hydrogen-bond acceptors (Lipinski definition) is 8. The Balaban J connectivity index is 5.74. The summed E-state index contributed by atoms with van der Waals surface area (Å²) in [6.45, 7) is 4.70. The molecule has 0 aliphatic heterocycles. The maximum Gasteiger partial charge on any atom is 0.303 e. The van der Waals surface area contributed by atoms with Crippen LogP contribution in [0.1, 0.15) is 27.7 Å². The van der Waals surface area contributed by atoms with Gasteiger partial charge in [0.1, 0.15) is 0 Å². The molecule has 0 amide bonds. The number of hydrogen-bond donors (Lipinski definition) is 0. The fourth-order valence-electron chi connectivity index (χ4n) is 1.89. The van der Waals surface area contributed by atoms with Gasteiger partial charge in [0.05, 0.1) is 0 Å². The fraction of sp³-hybridized carbons (Fsp3) is 0.714. The highest BCUT2D eigenvalue weighted by Gasteiger charge is 2.42. The molecule has 0 aliphatic carbocycles. The summed E-state index contributed by atoms with van der Waals surface area (Å²) in [4.78, 5) is 45.5. The predicted molar refractivity (Wildman–Crippen MR) is 89.8 cm³/mol. The minimum absolute atomic E-state index is 0.109. The Kier molecular flexibility index (Phi) is 10.9. The molecule has 0 unspecified atom stereocenters. The van der Waals surface area contributed by atoms with E-state index in [9.17, 15) is 19.2 Å². The van der Waals surface area contributed by atoms with E-state index in [1.807, 2.05) is 0 Å². The number of ether oxygens (including phenoxy) is 4. The van der Waals surface area contributed by atoms with Crippen LogP contribution in [0.2, 0.25) is 0 Å². The average Bonchev–Trinajstić information content (AvgIpc) is 2.45. The largest absolute Gasteiger partial charge is 0.458 e. The maximum absolute atomic E-state index is 11.4. The van der Waals surface area contributed by atoms with Gasteiger partial charge in [-0.25, -0.2) is 0 Å². The third kappa shape index (κ3) is 8.62. The Morgan fingerprint density at radius 3 is 1.04 bits per heavy atom. The molecule has 0 N–H and O–H groups in total. The van der Waals surface area contributed by atoms with E-state index < -0.39 is 48.3 Å². The number of rotatable bonds is 9. The molecule has 0 bridgehead atoms. The third-order valence-electron chi connectivity index (χ3n) is 2.60. The zero-order chi connectivity index (χ0) is 18.9. The number of esters is 4. The molecule has 138 valence electrons. The van der Waals surface area contributed by atoms with Crippen LogP contribution in [0.15, 0.2) is 0 Å². The van der Waals surface area contributed by atoms with Gasteiger partial charge in [0.25, 0.3) is 0 Å². The Morgan fingerprint density at radius 1 is 0.625 bits per heavy atom. The van der Waals surface area contributed by atoms with Gasteiger partial charge >= 0.3 is 23.9 Å². The van der Waals surface area contributed by atoms with Crippen molar-refractivity contribution in [3.05, 3.63) is 0 Å². The lowest BCUT2D eigenvalue weighted by molar-refractivity contribution is -0.194. The minimum Gasteiger partial charge on any atom is -0.458 e. The van der Waals surface area contributed by atoms with Crippen LogP contribution < -0.4 is 0 Å². The molecule has 0 heterocycles. The lowest BCUT2D eigenvalue weighted by Gasteiger charge is -2.34. The van der Waals surface area contributed by atoms with Crippen molar-refractivity contribution >= 4 is 55.7 Å². The van der Waals surface area contributed by atoms with E-state index in [1.165, 1.54) is 13.8 Å². The van der Waals surface area contributed by atoms with Crippen LogP contribution in [0.25, 0.3) is 0 Å². The summed E-state index contributed by atoms with van der Waals surface area (Å²) in [5, 5.41) is 0.217. The molecule has 0 aliphatic rings. The summed E-state index contributed by atoms with van der Waals surface area (Å²) < 4.78 is 20.6. The van der Waals surface area contributed by atoms with Crippen LogP contribution in [0.3, 0.4) is 0 Å². The van der Waals surface area contributed by atoms with Gasteiger partial charge in [-0.05, 0) is 0 Å². The Hall–Kier alpha value is -1.16. The van der Waals surface area contributed by atoms with E-state index in [2.05, 4.69) is 31.9 Å². The molecule has 0 aromatic carbocycles. The second kappa shape index (κ2) is 11.4. The van der Waals surface area contributed by atoms with Gasteiger partial charge in [-0.2, -0.15) is 0 Å². The van der Waals surface area contributed by atoms with E-state index in [1.54, 1.807) is 0 Å². The molecule has 0 aromatic rings. The first-order valence-electron chi connectivity index (χ1n) is 6.93. The average molecular weight is 476 g/mol. The van der Waals surface area contributed by atoms with Gasteiger partial charge in [0.15, 0.2) is 24.4 Å². The molecule has 4 atom stereocenters. The number of carbonyl (C=O) groups is 4. The van der Waals surface area contributed by atoms with Gasteiger partial charge in [0.2, 0.25) is 0 Å². The van der Waals surface area contributed by atoms with Gasteiger partial charge in [-0.15, -0.1) is 0 Å². The van der Waals surface area contributed by atoms with Crippen LogP contribution in [0.4, 0.5) is 0 Å². The van der Waals surface area contributed by atoms with Crippen LogP contribution in [0.5, 0.6) is 0 Å². The highest BCUT2D eigenvalue weighted by molar-refractivity contribution is 9.09. The molecule has 0 saturated carbocycles. The lowest BCUT2D eigenvalue weighted by atomic mass is 10.0. The van der Waals surface area contributed by atoms with Gasteiger partial charge in [-0.3, -0.25) is 19.2 Å². The van der Waals surface area contributed by atoms with Gasteiger partial charge in [0, 0.05) is 38.4 Å². The number of carbonyl (C=O) groups excluding carboxylic acids is 4. The Morgan fingerprint density at radius 2 is 0.875 bits per heavy atom. The van der Waals surface area contributed by atoms with Gasteiger partial charge < -0.3 is 18.9 Å². The van der Waals surface area contributed by atoms with Crippen molar-refractivity contribution in [3.63, 3.8) is 0 Å². The molecule has 0 radical (unpaired) electrons. The Bertz CT molecular complexity index is 426. The van der Waals surface area contributed by atoms with Crippen LogP contribution in [-0.2, 0) is 38.1 Å². The zero-order valence-electron chi connectivity index (χ0n) is 13.7. The molecule has 0 saturated heterocycles. The van der Waals surface area contributed by atoms with Crippen molar-refractivity contribution in [1.82, 2.24) is 0 Å². The van der Waals surface area contributed by atoms with E-state index in [0.29, 0.717) is 0 Å². The number of halogens is 2. The highest BCUT2D eigenvalue weighted by Crippen LogP contribution is 2.21. The fourth-order valence-corrected chi connectivity index (χ4v) is 2.89. The molecule has 10 heteroatoms. The topological polar surface area (TPSA) is 105 Å². The normalized spacial score (nSPS) is 15.4. The predicted octanol–water partition coefficient (Wildman–Crippen LogP) is 1.50. The Labute approximate surface area is 156 Å². The van der Waals surface area contributed by atoms with E-state index in [4.69, 9.17) is 18.9 Å². The molecule has 0 aromatic heterocycles. The standard InChI is InChI=1S/C14H20Br2O8/c1-7(17)21-11(5-15)13(23-9(3)19)14(24-10(4)20)12(6-16)22-8(2)18/h11-14H,5-6H2,1-4H3/t11-,12-,13+,14+/m1/s1. The lowest BCUT2D eigenvalue weighted by Crippen LogP contribution is -2.52. The smallest absolute Gasteiger partial charge is 0.303 e. The van der Waals surface area contributed by atoms with Crippen LogP contribution >= 0.6 is 31.9 Å². The van der Waals surface area contributed by atoms with Crippen molar-refractivity contribution in [2.75, 3.05) is 10.7 Å². The van der Waals surface area contributed by atoms with E-state index >= 15 is 0 Å². The maximum atomic E-state index is 11.4. The monoisotopic (exact) mass is 474 g/mol. The summed E-state index contributed by atoms with van der Waals surface area (Å²) in [7, 11) is 0. The van der Waals surface area contributed by atoms with Crippen molar-refractivity contribution in [2.45, 2.75) is 52.1 Å². The van der Waals surface area contributed by atoms with Crippen molar-refractivity contribution in [3.8, 4) is 0 Å². The zero-order valence-corrected chi connectivity index (χ0v) is 16.9. The first kappa shape index (κ1) is 22.8. The van der Waals surface area contributed by atoms with Gasteiger partial charge in [-0.1, -0.05) is 31.9 Å². The second-order valence-electron chi connectivity index (χ2n) is 4.75. The van der Waals surface area contributed by atoms with E-state index in [-0.39, 0.29) is 10.7 Å². The van der Waals surface area contributed by atoms with Crippen LogP contribution in [0, 0.1) is 0 Å². The summed E-state index contributed by atoms with van der Waals surface area (Å²) in [6.07, 6.45) is -4.24. The quantitative estimate of drug-likeness (QED) is 0.280. The second-order valence-corrected chi connectivity index (χ2v) is 6.05. The molecular formula is C14H20Br2O8. The molecule has 0 rings (SSSR count). The first-order chi connectivity index (χ1) is 11.1. The van der Waals surface area contributed by atoms with Crippen molar-refractivity contribution in [2.24, 2.45) is 0 Å². The minimum atomic E-state index is -1.17.